The van der Waals surface area contributed by atoms with E-state index < -0.39 is 0 Å². The predicted molar refractivity (Wildman–Crippen MR) is 117 cm³/mol. The number of hydrogen-bond acceptors (Lipinski definition) is 4. The van der Waals surface area contributed by atoms with E-state index in [9.17, 15) is 9.59 Å². The van der Waals surface area contributed by atoms with Crippen LogP contribution in [0.3, 0.4) is 0 Å². The molecule has 2 aromatic carbocycles. The number of carbonyl (C=O) groups is 2. The van der Waals surface area contributed by atoms with E-state index in [1.54, 1.807) is 31.4 Å². The minimum absolute atomic E-state index is 0.0985. The van der Waals surface area contributed by atoms with E-state index in [1.165, 1.54) is 0 Å². The standard InChI is InChI=1S/C23H29N3O3/c1-5-26(6-2)17-9-12-21(15(3)13-17)25-23(28)20-14-19(20)22(27)24-16-7-10-18(29-4)11-8-16/h7-13,19-20H,5-6,14H2,1-4H3,(H,24,27)(H,25,28). The van der Waals surface area contributed by atoms with E-state index in [2.05, 4.69) is 35.4 Å². The molecule has 0 heterocycles. The number of aryl methyl sites for hydroxylation is 1. The first-order chi connectivity index (χ1) is 14.0. The highest BCUT2D eigenvalue weighted by Crippen LogP contribution is 2.40. The molecular formula is C23H29N3O3. The maximum Gasteiger partial charge on any atom is 0.228 e. The number of methoxy groups -OCH3 is 1. The molecule has 3 rings (SSSR count). The van der Waals surface area contributed by atoms with Gasteiger partial charge < -0.3 is 20.3 Å². The van der Waals surface area contributed by atoms with E-state index in [4.69, 9.17) is 4.74 Å². The van der Waals surface area contributed by atoms with Crippen LogP contribution in [-0.2, 0) is 9.59 Å². The van der Waals surface area contributed by atoms with Gasteiger partial charge in [-0.2, -0.15) is 0 Å². The number of carbonyl (C=O) groups excluding carboxylic acids is 2. The van der Waals surface area contributed by atoms with Crippen LogP contribution < -0.4 is 20.3 Å². The lowest BCUT2D eigenvalue weighted by molar-refractivity contribution is -0.122. The number of anilines is 3. The van der Waals surface area contributed by atoms with Gasteiger partial charge in [0.1, 0.15) is 5.75 Å². The Morgan fingerprint density at radius 3 is 2.17 bits per heavy atom. The Morgan fingerprint density at radius 2 is 1.62 bits per heavy atom. The lowest BCUT2D eigenvalue weighted by Crippen LogP contribution is -2.22. The third-order valence-corrected chi connectivity index (χ3v) is 5.42. The first kappa shape index (κ1) is 20.7. The van der Waals surface area contributed by atoms with Crippen LogP contribution in [0, 0.1) is 18.8 Å². The Balaban J connectivity index is 1.56. The molecule has 1 saturated carbocycles. The molecule has 0 saturated heterocycles. The van der Waals surface area contributed by atoms with E-state index in [0.717, 1.165) is 35.8 Å². The van der Waals surface area contributed by atoms with Gasteiger partial charge in [-0.25, -0.2) is 0 Å². The molecule has 154 valence electrons. The summed E-state index contributed by atoms with van der Waals surface area (Å²) in [6, 6.07) is 13.2. The molecule has 0 aliphatic heterocycles. The van der Waals surface area contributed by atoms with Gasteiger partial charge >= 0.3 is 0 Å². The summed E-state index contributed by atoms with van der Waals surface area (Å²) in [5.74, 6) is -0.0565. The van der Waals surface area contributed by atoms with Crippen LogP contribution in [-0.4, -0.2) is 32.0 Å². The minimum Gasteiger partial charge on any atom is -0.497 e. The largest absolute Gasteiger partial charge is 0.497 e. The van der Waals surface area contributed by atoms with E-state index >= 15 is 0 Å². The Labute approximate surface area is 172 Å². The molecule has 6 nitrogen and oxygen atoms in total. The third-order valence-electron chi connectivity index (χ3n) is 5.42. The SMILES string of the molecule is CCN(CC)c1ccc(NC(=O)C2CC2C(=O)Nc2ccc(OC)cc2)c(C)c1. The van der Waals surface area contributed by atoms with Crippen molar-refractivity contribution in [2.45, 2.75) is 27.2 Å². The second-order valence-corrected chi connectivity index (χ2v) is 7.33. The summed E-state index contributed by atoms with van der Waals surface area (Å²) in [6.45, 7) is 8.12. The van der Waals surface area contributed by atoms with Crippen molar-refractivity contribution in [2.75, 3.05) is 35.7 Å². The molecule has 1 aliphatic rings. The number of amides is 2. The quantitative estimate of drug-likeness (QED) is 0.707. The number of ether oxygens (including phenoxy) is 1. The molecular weight excluding hydrogens is 366 g/mol. The maximum absolute atomic E-state index is 12.6. The van der Waals surface area contributed by atoms with Crippen molar-refractivity contribution >= 4 is 28.9 Å². The minimum atomic E-state index is -0.285. The number of benzene rings is 2. The summed E-state index contributed by atoms with van der Waals surface area (Å²) in [7, 11) is 1.60. The summed E-state index contributed by atoms with van der Waals surface area (Å²) in [5, 5.41) is 5.85. The second kappa shape index (κ2) is 8.99. The average Bonchev–Trinajstić information content (AvgIpc) is 3.52. The molecule has 1 fully saturated rings. The molecule has 1 aliphatic carbocycles. The highest BCUT2D eigenvalue weighted by molar-refractivity contribution is 6.03. The van der Waals surface area contributed by atoms with Crippen molar-refractivity contribution in [2.24, 2.45) is 11.8 Å². The molecule has 6 heteroatoms. The first-order valence-corrected chi connectivity index (χ1v) is 10.1. The zero-order valence-electron chi connectivity index (χ0n) is 17.5. The van der Waals surface area contributed by atoms with Gasteiger partial charge in [-0.1, -0.05) is 0 Å². The number of rotatable bonds is 8. The van der Waals surface area contributed by atoms with Gasteiger partial charge in [0.25, 0.3) is 0 Å². The van der Waals surface area contributed by atoms with Gasteiger partial charge in [0.05, 0.1) is 18.9 Å². The predicted octanol–water partition coefficient (Wildman–Crippen LogP) is 4.06. The van der Waals surface area contributed by atoms with Gasteiger partial charge in [0, 0.05) is 30.2 Å². The zero-order chi connectivity index (χ0) is 21.0. The van der Waals surface area contributed by atoms with Gasteiger partial charge in [0.15, 0.2) is 0 Å². The molecule has 2 amide bonds. The zero-order valence-corrected chi connectivity index (χ0v) is 17.5. The topological polar surface area (TPSA) is 70.7 Å². The fourth-order valence-corrected chi connectivity index (χ4v) is 3.48. The molecule has 0 aromatic heterocycles. The van der Waals surface area contributed by atoms with Crippen LogP contribution >= 0.6 is 0 Å². The summed E-state index contributed by atoms with van der Waals surface area (Å²) < 4.78 is 5.11. The van der Waals surface area contributed by atoms with Gasteiger partial charge in [0.2, 0.25) is 11.8 Å². The highest BCUT2D eigenvalue weighted by Gasteiger charge is 2.48. The average molecular weight is 396 g/mol. The Kier molecular flexibility index (Phi) is 6.42. The summed E-state index contributed by atoms with van der Waals surface area (Å²) >= 11 is 0. The molecule has 0 bridgehead atoms. The number of hydrogen-bond donors (Lipinski definition) is 2. The van der Waals surface area contributed by atoms with Crippen LogP contribution in [0.2, 0.25) is 0 Å². The van der Waals surface area contributed by atoms with Crippen LogP contribution in [0.5, 0.6) is 5.75 Å². The van der Waals surface area contributed by atoms with Crippen LogP contribution in [0.25, 0.3) is 0 Å². The van der Waals surface area contributed by atoms with Gasteiger partial charge in [-0.3, -0.25) is 9.59 Å². The third kappa shape index (κ3) is 4.88. The van der Waals surface area contributed by atoms with E-state index in [-0.39, 0.29) is 23.7 Å². The van der Waals surface area contributed by atoms with Gasteiger partial charge in [-0.05, 0) is 75.2 Å². The van der Waals surface area contributed by atoms with E-state index in [1.807, 2.05) is 19.1 Å². The van der Waals surface area contributed by atoms with Crippen LogP contribution in [0.4, 0.5) is 17.1 Å². The fraction of sp³-hybridized carbons (Fsp3) is 0.391. The molecule has 2 N–H and O–H groups in total. The van der Waals surface area contributed by atoms with Gasteiger partial charge in [-0.15, -0.1) is 0 Å². The Morgan fingerprint density at radius 1 is 1.00 bits per heavy atom. The second-order valence-electron chi connectivity index (χ2n) is 7.33. The fourth-order valence-electron chi connectivity index (χ4n) is 3.48. The molecule has 2 unspecified atom stereocenters. The molecule has 0 radical (unpaired) electrons. The Bertz CT molecular complexity index is 875. The number of nitrogens with one attached hydrogen (secondary N) is 2. The lowest BCUT2D eigenvalue weighted by atomic mass is 10.1. The highest BCUT2D eigenvalue weighted by atomic mass is 16.5. The smallest absolute Gasteiger partial charge is 0.228 e. The van der Waals surface area contributed by atoms with Crippen molar-refractivity contribution in [1.29, 1.82) is 0 Å². The molecule has 0 spiro atoms. The van der Waals surface area contributed by atoms with Crippen molar-refractivity contribution in [3.8, 4) is 5.75 Å². The van der Waals surface area contributed by atoms with Crippen molar-refractivity contribution in [3.05, 3.63) is 48.0 Å². The molecule has 29 heavy (non-hydrogen) atoms. The van der Waals surface area contributed by atoms with Crippen LogP contribution in [0.1, 0.15) is 25.8 Å². The van der Waals surface area contributed by atoms with Crippen molar-refractivity contribution in [1.82, 2.24) is 0 Å². The van der Waals surface area contributed by atoms with Crippen molar-refractivity contribution in [3.63, 3.8) is 0 Å². The Hall–Kier alpha value is -3.02. The van der Waals surface area contributed by atoms with E-state index in [0.29, 0.717) is 12.1 Å². The molecule has 2 atom stereocenters. The first-order valence-electron chi connectivity index (χ1n) is 10.1. The summed E-state index contributed by atoms with van der Waals surface area (Å²) in [5.41, 5.74) is 3.66. The van der Waals surface area contributed by atoms with Crippen LogP contribution in [0.15, 0.2) is 42.5 Å². The monoisotopic (exact) mass is 395 g/mol. The van der Waals surface area contributed by atoms with Crippen molar-refractivity contribution < 1.29 is 14.3 Å². The lowest BCUT2D eigenvalue weighted by Gasteiger charge is -2.22. The normalized spacial score (nSPS) is 17.4. The number of nitrogens with zero attached hydrogens (tertiary/aromatic N) is 1. The maximum atomic E-state index is 12.6. The summed E-state index contributed by atoms with van der Waals surface area (Å²) in [6.07, 6.45) is 0.574. The summed E-state index contributed by atoms with van der Waals surface area (Å²) in [4.78, 5) is 27.3. The molecule has 2 aromatic rings.